The van der Waals surface area contributed by atoms with Crippen molar-refractivity contribution in [2.24, 2.45) is 11.7 Å². The first-order chi connectivity index (χ1) is 7.86. The topological polar surface area (TPSA) is 105 Å². The number of nitrogens with one attached hydrogen (secondary N) is 2. The van der Waals surface area contributed by atoms with E-state index in [4.69, 9.17) is 11.1 Å². The Hall–Kier alpha value is -1.24. The molecule has 0 heterocycles. The third-order valence-electron chi connectivity index (χ3n) is 1.89. The first-order valence-electron chi connectivity index (χ1n) is 5.20. The largest absolute Gasteiger partial charge is 0.467 e. The molecule has 1 unspecified atom stereocenters. The third-order valence-corrected chi connectivity index (χ3v) is 2.60. The molecule has 0 aliphatic carbocycles. The fraction of sp³-hybridized carbons (Fsp3) is 0.700. The molecule has 0 radical (unpaired) electrons. The fourth-order valence-corrected chi connectivity index (χ4v) is 1.58. The minimum atomic E-state index is -0.639. The zero-order valence-electron chi connectivity index (χ0n) is 10.3. The number of hydrogen-bond acceptors (Lipinski definition) is 5. The molecule has 0 aliphatic heterocycles. The van der Waals surface area contributed by atoms with Crippen LogP contribution in [0.3, 0.4) is 0 Å². The van der Waals surface area contributed by atoms with Gasteiger partial charge >= 0.3 is 5.97 Å². The lowest BCUT2D eigenvalue weighted by Gasteiger charge is -2.18. The van der Waals surface area contributed by atoms with Crippen LogP contribution < -0.4 is 11.1 Å². The van der Waals surface area contributed by atoms with Crippen LogP contribution in [0.5, 0.6) is 0 Å². The fourth-order valence-electron chi connectivity index (χ4n) is 1.21. The van der Waals surface area contributed by atoms with Crippen LogP contribution in [0.4, 0.5) is 0 Å². The minimum absolute atomic E-state index is 0.0287. The number of methoxy groups -OCH3 is 1. The Morgan fingerprint density at radius 2 is 2.06 bits per heavy atom. The molecule has 0 aromatic carbocycles. The lowest BCUT2D eigenvalue weighted by atomic mass is 10.0. The van der Waals surface area contributed by atoms with E-state index in [1.54, 1.807) is 0 Å². The summed E-state index contributed by atoms with van der Waals surface area (Å²) in [5.74, 6) is -0.498. The van der Waals surface area contributed by atoms with Crippen LogP contribution in [0, 0.1) is 11.3 Å². The number of carbonyl (C=O) groups excluding carboxylic acids is 2. The number of thioether (sulfide) groups is 1. The lowest BCUT2D eigenvalue weighted by molar-refractivity contribution is -0.145. The Labute approximate surface area is 105 Å². The molecule has 98 valence electrons. The zero-order valence-corrected chi connectivity index (χ0v) is 11.1. The maximum atomic E-state index is 11.5. The molecule has 0 rings (SSSR count). The standard InChI is InChI=1S/C10H19N3O3S/c1-6(2)4-7(9(15)16-3)13-8(14)5-17-10(11)12/h6-7H,4-5H2,1-3H3,(H3,11,12)(H,13,14). The molecule has 0 aliphatic rings. The smallest absolute Gasteiger partial charge is 0.328 e. The van der Waals surface area contributed by atoms with Gasteiger partial charge in [0.1, 0.15) is 6.04 Å². The van der Waals surface area contributed by atoms with Crippen LogP contribution in [0.25, 0.3) is 0 Å². The second kappa shape index (κ2) is 7.94. The van der Waals surface area contributed by atoms with Crippen molar-refractivity contribution in [3.05, 3.63) is 0 Å². The molecule has 0 spiro atoms. The van der Waals surface area contributed by atoms with E-state index in [9.17, 15) is 9.59 Å². The van der Waals surface area contributed by atoms with E-state index in [0.717, 1.165) is 11.8 Å². The van der Waals surface area contributed by atoms with Crippen molar-refractivity contribution in [2.45, 2.75) is 26.3 Å². The van der Waals surface area contributed by atoms with Crippen molar-refractivity contribution >= 4 is 28.8 Å². The molecule has 1 atom stereocenters. The van der Waals surface area contributed by atoms with Crippen LogP contribution in [-0.4, -0.2) is 35.9 Å². The summed E-state index contributed by atoms with van der Waals surface area (Å²) in [6.45, 7) is 3.90. The predicted molar refractivity (Wildman–Crippen MR) is 67.8 cm³/mol. The number of hydrogen-bond donors (Lipinski definition) is 3. The number of ether oxygens (including phenoxy) is 1. The Kier molecular flexibility index (Phi) is 7.36. The SMILES string of the molecule is COC(=O)C(CC(C)C)NC(=O)CSC(=N)N. The van der Waals surface area contributed by atoms with E-state index in [1.807, 2.05) is 13.8 Å². The Bertz CT molecular complexity index is 295. The number of nitrogens with two attached hydrogens (primary N) is 1. The minimum Gasteiger partial charge on any atom is -0.467 e. The summed E-state index contributed by atoms with van der Waals surface area (Å²) in [5, 5.41) is 9.41. The molecule has 6 nitrogen and oxygen atoms in total. The highest BCUT2D eigenvalue weighted by Crippen LogP contribution is 2.07. The first-order valence-corrected chi connectivity index (χ1v) is 6.19. The summed E-state index contributed by atoms with van der Waals surface area (Å²) >= 11 is 0.917. The molecule has 1 amide bonds. The second-order valence-electron chi connectivity index (χ2n) is 3.93. The average Bonchev–Trinajstić information content (AvgIpc) is 2.23. The van der Waals surface area contributed by atoms with Gasteiger partial charge in [0.05, 0.1) is 12.9 Å². The summed E-state index contributed by atoms with van der Waals surface area (Å²) in [6.07, 6.45) is 0.517. The molecule has 0 bridgehead atoms. The van der Waals surface area contributed by atoms with Gasteiger partial charge in [0.15, 0.2) is 5.17 Å². The number of carbonyl (C=O) groups is 2. The molecule has 17 heavy (non-hydrogen) atoms. The van der Waals surface area contributed by atoms with Crippen molar-refractivity contribution in [2.75, 3.05) is 12.9 Å². The number of esters is 1. The highest BCUT2D eigenvalue weighted by atomic mass is 32.2. The zero-order chi connectivity index (χ0) is 13.4. The molecule has 0 saturated carbocycles. The molecular weight excluding hydrogens is 242 g/mol. The van der Waals surface area contributed by atoms with Gasteiger partial charge in [-0.05, 0) is 12.3 Å². The second-order valence-corrected chi connectivity index (χ2v) is 4.94. The Morgan fingerprint density at radius 1 is 1.47 bits per heavy atom. The van der Waals surface area contributed by atoms with Gasteiger partial charge < -0.3 is 15.8 Å². The third kappa shape index (κ3) is 7.62. The van der Waals surface area contributed by atoms with Crippen LogP contribution in [0.2, 0.25) is 0 Å². The van der Waals surface area contributed by atoms with Crippen LogP contribution >= 0.6 is 11.8 Å². The molecule has 0 saturated heterocycles. The Morgan fingerprint density at radius 3 is 2.47 bits per heavy atom. The summed E-state index contributed by atoms with van der Waals surface area (Å²) in [7, 11) is 1.28. The van der Waals surface area contributed by atoms with E-state index < -0.39 is 12.0 Å². The van der Waals surface area contributed by atoms with Crippen molar-refractivity contribution in [3.63, 3.8) is 0 Å². The Balaban J connectivity index is 4.27. The van der Waals surface area contributed by atoms with Gasteiger partial charge in [-0.3, -0.25) is 10.2 Å². The lowest BCUT2D eigenvalue weighted by Crippen LogP contribution is -2.43. The molecule has 0 aromatic heterocycles. The normalized spacial score (nSPS) is 12.0. The van der Waals surface area contributed by atoms with E-state index >= 15 is 0 Å². The van der Waals surface area contributed by atoms with Crippen molar-refractivity contribution in [3.8, 4) is 0 Å². The van der Waals surface area contributed by atoms with E-state index in [0.29, 0.717) is 6.42 Å². The maximum Gasteiger partial charge on any atom is 0.328 e. The van der Waals surface area contributed by atoms with Gasteiger partial charge in [-0.2, -0.15) is 0 Å². The van der Waals surface area contributed by atoms with Crippen molar-refractivity contribution in [1.29, 1.82) is 5.41 Å². The van der Waals surface area contributed by atoms with E-state index in [1.165, 1.54) is 7.11 Å². The van der Waals surface area contributed by atoms with Crippen LogP contribution in [-0.2, 0) is 14.3 Å². The van der Waals surface area contributed by atoms with Crippen LogP contribution in [0.15, 0.2) is 0 Å². The average molecular weight is 261 g/mol. The van der Waals surface area contributed by atoms with Gasteiger partial charge in [-0.25, -0.2) is 4.79 Å². The van der Waals surface area contributed by atoms with E-state index in [2.05, 4.69) is 10.1 Å². The highest BCUT2D eigenvalue weighted by Gasteiger charge is 2.22. The van der Waals surface area contributed by atoms with Gasteiger partial charge in [-0.1, -0.05) is 25.6 Å². The van der Waals surface area contributed by atoms with E-state index in [-0.39, 0.29) is 22.7 Å². The summed E-state index contributed by atoms with van der Waals surface area (Å²) in [6, 6.07) is -0.639. The molecule has 0 fully saturated rings. The summed E-state index contributed by atoms with van der Waals surface area (Å²) in [4.78, 5) is 22.9. The number of rotatable bonds is 6. The van der Waals surface area contributed by atoms with Gasteiger partial charge in [-0.15, -0.1) is 0 Å². The van der Waals surface area contributed by atoms with Gasteiger partial charge in [0, 0.05) is 0 Å². The first kappa shape index (κ1) is 15.8. The summed E-state index contributed by atoms with van der Waals surface area (Å²) in [5.41, 5.74) is 5.11. The predicted octanol–water partition coefficient (Wildman–Crippen LogP) is 0.317. The molecule has 0 aromatic rings. The monoisotopic (exact) mass is 261 g/mol. The molecule has 7 heteroatoms. The quantitative estimate of drug-likeness (QED) is 0.363. The van der Waals surface area contributed by atoms with Crippen LogP contribution in [0.1, 0.15) is 20.3 Å². The summed E-state index contributed by atoms with van der Waals surface area (Å²) < 4.78 is 4.61. The maximum absolute atomic E-state index is 11.5. The highest BCUT2D eigenvalue weighted by molar-refractivity contribution is 8.14. The molecular formula is C10H19N3O3S. The molecule has 4 N–H and O–H groups in total. The van der Waals surface area contributed by atoms with Crippen molar-refractivity contribution < 1.29 is 14.3 Å². The van der Waals surface area contributed by atoms with Gasteiger partial charge in [0.25, 0.3) is 0 Å². The number of amides is 1. The number of amidine groups is 1. The van der Waals surface area contributed by atoms with Gasteiger partial charge in [0.2, 0.25) is 5.91 Å². The van der Waals surface area contributed by atoms with Crippen molar-refractivity contribution in [1.82, 2.24) is 5.32 Å².